The van der Waals surface area contributed by atoms with Crippen molar-refractivity contribution in [2.45, 2.75) is 58.7 Å². The van der Waals surface area contributed by atoms with Crippen LogP contribution in [-0.4, -0.2) is 78.0 Å². The number of methoxy groups -OCH3 is 1. The number of aliphatic hydroxyl groups is 1. The smallest absolute Gasteiger partial charge is 0.222 e. The number of piperidine rings is 1. The summed E-state index contributed by atoms with van der Waals surface area (Å²) < 4.78 is 33.3. The van der Waals surface area contributed by atoms with Gasteiger partial charge in [-0.1, -0.05) is 37.6 Å². The average Bonchev–Trinajstić information content (AvgIpc) is 3.29. The summed E-state index contributed by atoms with van der Waals surface area (Å²) in [6.07, 6.45) is 4.99. The zero-order valence-corrected chi connectivity index (χ0v) is 26.5. The monoisotopic (exact) mass is 611 g/mol. The zero-order chi connectivity index (χ0) is 31.0. The number of nitrogens with two attached hydrogens (primary N) is 1. The summed E-state index contributed by atoms with van der Waals surface area (Å²) in [7, 11) is -1.44. The molecule has 3 heterocycles. The minimum Gasteiger partial charge on any atom is -0.496 e. The number of benzene rings is 2. The molecule has 12 heteroatoms. The highest BCUT2D eigenvalue weighted by atomic mass is 32.2. The number of aromatic nitrogens is 3. The van der Waals surface area contributed by atoms with Crippen LogP contribution in [0.3, 0.4) is 0 Å². The Balaban J connectivity index is 0.00000135. The van der Waals surface area contributed by atoms with Gasteiger partial charge in [-0.3, -0.25) is 0 Å². The van der Waals surface area contributed by atoms with E-state index in [0.717, 1.165) is 76.9 Å². The molecule has 1 fully saturated rings. The van der Waals surface area contributed by atoms with E-state index in [1.54, 1.807) is 18.3 Å². The van der Waals surface area contributed by atoms with Gasteiger partial charge in [0.25, 0.3) is 0 Å². The molecular weight excluding hydrogens is 566 g/mol. The summed E-state index contributed by atoms with van der Waals surface area (Å²) in [4.78, 5) is 9.23. The van der Waals surface area contributed by atoms with Crippen LogP contribution >= 0.6 is 0 Å². The van der Waals surface area contributed by atoms with Crippen molar-refractivity contribution in [3.05, 3.63) is 53.6 Å². The Morgan fingerprint density at radius 3 is 2.51 bits per heavy atom. The summed E-state index contributed by atoms with van der Waals surface area (Å²) in [6, 6.07) is 14.8. The lowest BCUT2D eigenvalue weighted by Crippen LogP contribution is -2.44. The van der Waals surface area contributed by atoms with Crippen molar-refractivity contribution in [3.8, 4) is 5.75 Å². The van der Waals surface area contributed by atoms with Crippen molar-refractivity contribution in [2.75, 3.05) is 50.7 Å². The summed E-state index contributed by atoms with van der Waals surface area (Å²) >= 11 is 0. The first kappa shape index (κ1) is 32.5. The van der Waals surface area contributed by atoms with Gasteiger partial charge in [0, 0.05) is 49.8 Å². The van der Waals surface area contributed by atoms with Crippen LogP contribution in [0.1, 0.15) is 50.7 Å². The third-order valence-corrected chi connectivity index (χ3v) is 8.94. The van der Waals surface area contributed by atoms with Crippen LogP contribution in [-0.2, 0) is 23.1 Å². The summed E-state index contributed by atoms with van der Waals surface area (Å²) in [5.41, 5.74) is 11.1. The maximum Gasteiger partial charge on any atom is 0.222 e. The molecule has 2 aromatic heterocycles. The summed E-state index contributed by atoms with van der Waals surface area (Å²) in [5, 5.41) is 15.7. The first-order valence-corrected chi connectivity index (χ1v) is 16.8. The number of anilines is 2. The van der Waals surface area contributed by atoms with Gasteiger partial charge >= 0.3 is 0 Å². The lowest BCUT2D eigenvalue weighted by Gasteiger charge is -2.30. The van der Waals surface area contributed by atoms with Crippen LogP contribution < -0.4 is 21.1 Å². The Bertz CT molecular complexity index is 1620. The van der Waals surface area contributed by atoms with Crippen molar-refractivity contribution >= 4 is 43.7 Å². The van der Waals surface area contributed by atoms with Crippen LogP contribution in [0.2, 0.25) is 0 Å². The van der Waals surface area contributed by atoms with E-state index in [1.165, 1.54) is 6.26 Å². The quantitative estimate of drug-likeness (QED) is 0.185. The topological polar surface area (TPSA) is 148 Å². The van der Waals surface area contributed by atoms with E-state index in [1.807, 2.05) is 18.2 Å². The molecular formula is C31H45N7O4S. The van der Waals surface area contributed by atoms with E-state index in [2.05, 4.69) is 56.4 Å². The number of fused-ring (bicyclic) bond motifs is 3. The molecule has 1 aliphatic rings. The van der Waals surface area contributed by atoms with E-state index in [-0.39, 0.29) is 18.6 Å². The third-order valence-electron chi connectivity index (χ3n) is 7.64. The number of nitrogens with one attached hydrogen (secondary N) is 2. The SMILES string of the molecule is CCCCNc1nc(N)nc2c3ccccc3n(Cc3cc(CNC4CCN(S(C)(=O)=O)CC4)ccc3OC)c12.CCO. The molecule has 4 aromatic rings. The Hall–Kier alpha value is -3.45. The molecule has 0 radical (unpaired) electrons. The fourth-order valence-corrected chi connectivity index (χ4v) is 6.38. The Labute approximate surface area is 254 Å². The van der Waals surface area contributed by atoms with E-state index in [4.69, 9.17) is 15.6 Å². The largest absolute Gasteiger partial charge is 0.496 e. The number of nitrogen functional groups attached to an aromatic ring is 1. The van der Waals surface area contributed by atoms with Gasteiger partial charge in [-0.25, -0.2) is 17.7 Å². The molecule has 234 valence electrons. The van der Waals surface area contributed by atoms with Crippen molar-refractivity contribution < 1.29 is 18.3 Å². The van der Waals surface area contributed by atoms with Gasteiger partial charge in [-0.15, -0.1) is 0 Å². The third kappa shape index (κ3) is 7.94. The number of unbranched alkanes of at least 4 members (excludes halogenated alkanes) is 1. The number of ether oxygens (including phenoxy) is 1. The molecule has 2 aromatic carbocycles. The van der Waals surface area contributed by atoms with Gasteiger partial charge in [-0.05, 0) is 49.9 Å². The molecule has 0 aliphatic carbocycles. The van der Waals surface area contributed by atoms with Gasteiger partial charge in [0.2, 0.25) is 16.0 Å². The first-order chi connectivity index (χ1) is 20.7. The van der Waals surface area contributed by atoms with Crippen molar-refractivity contribution in [3.63, 3.8) is 0 Å². The number of aliphatic hydroxyl groups excluding tert-OH is 1. The van der Waals surface area contributed by atoms with Gasteiger partial charge in [-0.2, -0.15) is 4.98 Å². The molecule has 0 unspecified atom stereocenters. The van der Waals surface area contributed by atoms with Crippen LogP contribution in [0.4, 0.5) is 11.8 Å². The Morgan fingerprint density at radius 1 is 1.12 bits per heavy atom. The van der Waals surface area contributed by atoms with Crippen molar-refractivity contribution in [1.82, 2.24) is 24.2 Å². The number of hydrogen-bond acceptors (Lipinski definition) is 9. The highest BCUT2D eigenvalue weighted by Gasteiger charge is 2.25. The normalized spacial score (nSPS) is 14.5. The first-order valence-electron chi connectivity index (χ1n) is 14.9. The van der Waals surface area contributed by atoms with Crippen LogP contribution in [0.25, 0.3) is 21.9 Å². The number of rotatable bonds is 11. The van der Waals surface area contributed by atoms with Gasteiger partial charge in [0.05, 0.1) is 25.4 Å². The predicted octanol–water partition coefficient (Wildman–Crippen LogP) is 3.95. The Kier molecular flexibility index (Phi) is 11.2. The van der Waals surface area contributed by atoms with Crippen LogP contribution in [0.5, 0.6) is 5.75 Å². The van der Waals surface area contributed by atoms with Gasteiger partial charge in [0.15, 0.2) is 5.82 Å². The number of nitrogens with zero attached hydrogens (tertiary/aromatic N) is 4. The lowest BCUT2D eigenvalue weighted by atomic mass is 10.1. The van der Waals surface area contributed by atoms with Crippen LogP contribution in [0, 0.1) is 0 Å². The molecule has 1 aliphatic heterocycles. The van der Waals surface area contributed by atoms with Gasteiger partial charge < -0.3 is 30.8 Å². The second-order valence-electron chi connectivity index (χ2n) is 10.8. The molecule has 5 rings (SSSR count). The van der Waals surface area contributed by atoms with E-state index < -0.39 is 10.0 Å². The molecule has 0 saturated carbocycles. The lowest BCUT2D eigenvalue weighted by molar-refractivity contribution is 0.290. The molecule has 0 atom stereocenters. The molecule has 1 saturated heterocycles. The highest BCUT2D eigenvalue weighted by Crippen LogP contribution is 2.34. The standard InChI is InChI=1S/C29H39N7O3S.C2H6O/c1-4-5-14-31-28-27-26(33-29(30)34-28)23-8-6-7-9-24(23)36(27)19-21-17-20(10-11-25(21)39-2)18-32-22-12-15-35(16-13-22)40(3,37)38;1-2-3/h6-11,17,22,32H,4-5,12-16,18-19H2,1-3H3,(H3,30,31,33,34);3H,2H2,1H3. The van der Waals surface area contributed by atoms with Crippen molar-refractivity contribution in [2.24, 2.45) is 0 Å². The second-order valence-corrected chi connectivity index (χ2v) is 12.8. The predicted molar refractivity (Wildman–Crippen MR) is 174 cm³/mol. The summed E-state index contributed by atoms with van der Waals surface area (Å²) in [5.74, 6) is 1.81. The highest BCUT2D eigenvalue weighted by molar-refractivity contribution is 7.88. The van der Waals surface area contributed by atoms with E-state index in [0.29, 0.717) is 26.2 Å². The minimum atomic E-state index is -3.13. The number of sulfonamides is 1. The molecule has 0 bridgehead atoms. The molecule has 11 nitrogen and oxygen atoms in total. The number of hydrogen-bond donors (Lipinski definition) is 4. The minimum absolute atomic E-state index is 0.250. The summed E-state index contributed by atoms with van der Waals surface area (Å²) in [6.45, 7) is 7.27. The Morgan fingerprint density at radius 2 is 1.84 bits per heavy atom. The van der Waals surface area contributed by atoms with Gasteiger partial charge in [0.1, 0.15) is 16.8 Å². The average molecular weight is 612 g/mol. The maximum atomic E-state index is 11.8. The fourth-order valence-electron chi connectivity index (χ4n) is 5.51. The fraction of sp³-hybridized carbons (Fsp3) is 0.484. The molecule has 0 spiro atoms. The number of para-hydroxylation sites is 1. The van der Waals surface area contributed by atoms with Crippen molar-refractivity contribution in [1.29, 1.82) is 0 Å². The van der Waals surface area contributed by atoms with E-state index in [9.17, 15) is 8.42 Å². The second kappa shape index (κ2) is 14.8. The molecule has 43 heavy (non-hydrogen) atoms. The maximum absolute atomic E-state index is 11.8. The van der Waals surface area contributed by atoms with Crippen LogP contribution in [0.15, 0.2) is 42.5 Å². The zero-order valence-electron chi connectivity index (χ0n) is 25.6. The van der Waals surface area contributed by atoms with E-state index >= 15 is 0 Å². The molecule has 5 N–H and O–H groups in total. The molecule has 0 amide bonds.